The van der Waals surface area contributed by atoms with E-state index in [2.05, 4.69) is 29.2 Å². The van der Waals surface area contributed by atoms with E-state index in [4.69, 9.17) is 20.7 Å². The summed E-state index contributed by atoms with van der Waals surface area (Å²) >= 11 is 7.77. The number of hydrogen-bond acceptors (Lipinski definition) is 4. The molecule has 2 aromatic rings. The highest BCUT2D eigenvalue weighted by Gasteiger charge is 2.51. The first-order valence-electron chi connectivity index (χ1n) is 9.26. The molecule has 0 atom stereocenters. The van der Waals surface area contributed by atoms with Gasteiger partial charge < -0.3 is 9.64 Å². The summed E-state index contributed by atoms with van der Waals surface area (Å²) < 4.78 is 10.9. The van der Waals surface area contributed by atoms with Crippen molar-refractivity contribution in [1.82, 2.24) is 4.90 Å². The minimum Gasteiger partial charge on any atom is -0.457 e. The summed E-state index contributed by atoms with van der Waals surface area (Å²) in [6.07, 6.45) is 4.99. The highest BCUT2D eigenvalue weighted by atomic mass is 35.5. The second-order valence-electron chi connectivity index (χ2n) is 7.34. The maximum Gasteiger partial charge on any atom is 0.128 e. The summed E-state index contributed by atoms with van der Waals surface area (Å²) in [4.78, 5) is 2.58. The van der Waals surface area contributed by atoms with Gasteiger partial charge in [0.1, 0.15) is 17.3 Å². The summed E-state index contributed by atoms with van der Waals surface area (Å²) in [5.41, 5.74) is 1.47. The first-order valence-corrected chi connectivity index (χ1v) is 10.6. The maximum absolute atomic E-state index is 6.04. The van der Waals surface area contributed by atoms with Gasteiger partial charge in [-0.05, 0) is 73.5 Å². The third-order valence-corrected chi connectivity index (χ3v) is 6.86. The second-order valence-corrected chi connectivity index (χ2v) is 8.62. The van der Waals surface area contributed by atoms with Crippen molar-refractivity contribution in [2.75, 3.05) is 12.3 Å². The van der Waals surface area contributed by atoms with Crippen LogP contribution in [0.5, 0.6) is 11.5 Å². The highest BCUT2D eigenvalue weighted by molar-refractivity contribution is 7.98. The molecule has 5 heteroatoms. The van der Waals surface area contributed by atoms with Gasteiger partial charge in [0.15, 0.2) is 0 Å². The summed E-state index contributed by atoms with van der Waals surface area (Å²) in [6, 6.07) is 16.8. The molecule has 1 aliphatic carbocycles. The first kappa shape index (κ1) is 16.5. The Bertz CT molecular complexity index is 843. The Hall–Kier alpha value is -1.65. The van der Waals surface area contributed by atoms with Crippen LogP contribution in [0.3, 0.4) is 0 Å². The SMILES string of the molecule is Clc1cccc(Oc2ccc(C34CCC(CC3)N3CCSN=C34)cc2)c1. The van der Waals surface area contributed by atoms with Crippen LogP contribution < -0.4 is 4.74 Å². The minimum atomic E-state index is 0.0940. The predicted molar refractivity (Wildman–Crippen MR) is 109 cm³/mol. The van der Waals surface area contributed by atoms with E-state index < -0.39 is 0 Å². The van der Waals surface area contributed by atoms with Gasteiger partial charge >= 0.3 is 0 Å². The van der Waals surface area contributed by atoms with E-state index in [9.17, 15) is 0 Å². The largest absolute Gasteiger partial charge is 0.457 e. The molecule has 2 bridgehead atoms. The van der Waals surface area contributed by atoms with Crippen molar-refractivity contribution in [1.29, 1.82) is 0 Å². The number of nitrogens with zero attached hydrogens (tertiary/aromatic N) is 2. The number of amidine groups is 1. The van der Waals surface area contributed by atoms with E-state index in [1.54, 1.807) is 11.9 Å². The summed E-state index contributed by atoms with van der Waals surface area (Å²) in [7, 11) is 0. The zero-order valence-corrected chi connectivity index (χ0v) is 16.1. The lowest BCUT2D eigenvalue weighted by Crippen LogP contribution is -2.61. The van der Waals surface area contributed by atoms with E-state index in [0.717, 1.165) is 23.8 Å². The van der Waals surface area contributed by atoms with Crippen LogP contribution >= 0.6 is 23.5 Å². The number of fused-ring (bicyclic) bond motifs is 2. The molecule has 0 unspecified atom stereocenters. The fraction of sp³-hybridized carbons (Fsp3) is 0.381. The van der Waals surface area contributed by atoms with Crippen molar-refractivity contribution in [3.8, 4) is 11.5 Å². The van der Waals surface area contributed by atoms with Gasteiger partial charge in [0.25, 0.3) is 0 Å². The topological polar surface area (TPSA) is 24.8 Å². The molecule has 3 aliphatic heterocycles. The van der Waals surface area contributed by atoms with Crippen LogP contribution in [-0.4, -0.2) is 29.1 Å². The molecule has 2 aromatic carbocycles. The smallest absolute Gasteiger partial charge is 0.128 e. The molecule has 1 saturated carbocycles. The molecule has 0 amide bonds. The lowest BCUT2D eigenvalue weighted by atomic mass is 9.63. The van der Waals surface area contributed by atoms with Crippen molar-refractivity contribution in [2.45, 2.75) is 37.1 Å². The van der Waals surface area contributed by atoms with Gasteiger partial charge in [0.2, 0.25) is 0 Å². The average molecular weight is 385 g/mol. The molecule has 3 heterocycles. The number of benzene rings is 2. The zero-order chi connectivity index (χ0) is 17.6. The fourth-order valence-corrected chi connectivity index (χ4v) is 5.63. The van der Waals surface area contributed by atoms with Gasteiger partial charge in [0.05, 0.1) is 5.41 Å². The Morgan fingerprint density at radius 3 is 2.65 bits per heavy atom. The summed E-state index contributed by atoms with van der Waals surface area (Å²) in [5, 5.41) is 0.685. The van der Waals surface area contributed by atoms with E-state index in [1.807, 2.05) is 24.3 Å². The summed E-state index contributed by atoms with van der Waals surface area (Å²) in [6.45, 7) is 1.14. The van der Waals surface area contributed by atoms with E-state index in [1.165, 1.54) is 37.1 Å². The van der Waals surface area contributed by atoms with Crippen LogP contribution in [0.4, 0.5) is 0 Å². The standard InChI is InChI=1S/C21H21ClN2OS/c22-16-2-1-3-19(14-16)25-18-6-4-15(5-7-18)21-10-8-17(9-11-21)24-12-13-26-23-20(21)24/h1-7,14,17H,8-13H2. The van der Waals surface area contributed by atoms with Gasteiger partial charge in [-0.2, -0.15) is 0 Å². The van der Waals surface area contributed by atoms with Crippen LogP contribution in [0.1, 0.15) is 31.2 Å². The number of piperidine rings is 2. The van der Waals surface area contributed by atoms with Crippen LogP contribution in [0.2, 0.25) is 5.02 Å². The molecular formula is C21H21ClN2OS. The molecule has 6 rings (SSSR count). The highest BCUT2D eigenvalue weighted by Crippen LogP contribution is 2.49. The summed E-state index contributed by atoms with van der Waals surface area (Å²) in [5.74, 6) is 4.04. The molecule has 0 N–H and O–H groups in total. The van der Waals surface area contributed by atoms with Crippen LogP contribution in [0, 0.1) is 0 Å². The molecule has 0 aromatic heterocycles. The van der Waals surface area contributed by atoms with Gasteiger partial charge in [0, 0.05) is 23.4 Å². The molecule has 134 valence electrons. The molecule has 2 saturated heterocycles. The zero-order valence-electron chi connectivity index (χ0n) is 14.5. The molecule has 26 heavy (non-hydrogen) atoms. The molecule has 3 fully saturated rings. The third-order valence-electron chi connectivity index (χ3n) is 5.96. The lowest BCUT2D eigenvalue weighted by molar-refractivity contribution is 0.153. The number of rotatable bonds is 3. The van der Waals surface area contributed by atoms with Gasteiger partial charge in [-0.1, -0.05) is 29.8 Å². The molecule has 0 radical (unpaired) electrons. The fourth-order valence-electron chi connectivity index (χ4n) is 4.68. The monoisotopic (exact) mass is 384 g/mol. The Labute approximate surface area is 163 Å². The van der Waals surface area contributed by atoms with Crippen molar-refractivity contribution in [2.24, 2.45) is 4.40 Å². The maximum atomic E-state index is 6.04. The first-order chi connectivity index (χ1) is 12.7. The molecular weight excluding hydrogens is 364 g/mol. The normalized spacial score (nSPS) is 27.0. The van der Waals surface area contributed by atoms with E-state index in [0.29, 0.717) is 11.1 Å². The molecule has 0 spiro atoms. The average Bonchev–Trinajstić information content (AvgIpc) is 2.70. The minimum absolute atomic E-state index is 0.0940. The van der Waals surface area contributed by atoms with Crippen molar-refractivity contribution >= 4 is 29.4 Å². The van der Waals surface area contributed by atoms with E-state index in [-0.39, 0.29) is 5.41 Å². The Morgan fingerprint density at radius 1 is 1.08 bits per heavy atom. The Balaban J connectivity index is 1.44. The van der Waals surface area contributed by atoms with Crippen LogP contribution in [-0.2, 0) is 5.41 Å². The number of hydrogen-bond donors (Lipinski definition) is 0. The predicted octanol–water partition coefficient (Wildman–Crippen LogP) is 5.69. The van der Waals surface area contributed by atoms with E-state index >= 15 is 0 Å². The van der Waals surface area contributed by atoms with Gasteiger partial charge in [-0.15, -0.1) is 0 Å². The quantitative estimate of drug-likeness (QED) is 0.635. The van der Waals surface area contributed by atoms with Crippen LogP contribution in [0.15, 0.2) is 52.9 Å². The number of ether oxygens (including phenoxy) is 1. The third kappa shape index (κ3) is 2.71. The van der Waals surface area contributed by atoms with Crippen LogP contribution in [0.25, 0.3) is 0 Å². The van der Waals surface area contributed by atoms with Crippen molar-refractivity contribution in [3.63, 3.8) is 0 Å². The van der Waals surface area contributed by atoms with Crippen molar-refractivity contribution in [3.05, 3.63) is 59.1 Å². The Morgan fingerprint density at radius 2 is 1.88 bits per heavy atom. The lowest BCUT2D eigenvalue weighted by Gasteiger charge is -2.55. The Kier molecular flexibility index (Phi) is 4.13. The van der Waals surface area contributed by atoms with Crippen molar-refractivity contribution < 1.29 is 4.74 Å². The second kappa shape index (κ2) is 6.50. The van der Waals surface area contributed by atoms with Gasteiger partial charge in [-0.3, -0.25) is 0 Å². The molecule has 4 aliphatic rings. The number of halogens is 1. The van der Waals surface area contributed by atoms with Gasteiger partial charge in [-0.25, -0.2) is 4.40 Å². The molecule has 3 nitrogen and oxygen atoms in total.